The Labute approximate surface area is 208 Å². The monoisotopic (exact) mass is 676 g/mol. The van der Waals surface area contributed by atoms with Crippen molar-refractivity contribution < 1.29 is 20.1 Å². The number of aromatic hydroxyl groups is 1. The van der Waals surface area contributed by atoms with Gasteiger partial charge in [0.15, 0.2) is 0 Å². The predicted molar refractivity (Wildman–Crippen MR) is 133 cm³/mol. The second kappa shape index (κ2) is 10.5. The van der Waals surface area contributed by atoms with E-state index in [0.29, 0.717) is 19.6 Å². The van der Waals surface area contributed by atoms with E-state index < -0.39 is 12.1 Å². The normalized spacial score (nSPS) is 15.8. The third kappa shape index (κ3) is 5.34. The highest BCUT2D eigenvalue weighted by molar-refractivity contribution is 14.1. The van der Waals surface area contributed by atoms with Gasteiger partial charge in [-0.3, -0.25) is 23.6 Å². The zero-order valence-corrected chi connectivity index (χ0v) is 21.4. The molecule has 0 aromatic carbocycles. The van der Waals surface area contributed by atoms with E-state index in [2.05, 4.69) is 9.97 Å². The maximum Gasteiger partial charge on any atom is 0.407 e. The summed E-state index contributed by atoms with van der Waals surface area (Å²) in [6.07, 6.45) is -1.07. The van der Waals surface area contributed by atoms with Gasteiger partial charge in [0.05, 0.1) is 12.6 Å². The van der Waals surface area contributed by atoms with Crippen LogP contribution >= 0.6 is 45.2 Å². The van der Waals surface area contributed by atoms with Crippen LogP contribution in [-0.4, -0.2) is 77.7 Å². The highest BCUT2D eigenvalue weighted by Gasteiger charge is 2.31. The number of nitrogen functional groups attached to an aromatic ring is 2. The molecule has 0 aliphatic carbocycles. The fourth-order valence-corrected chi connectivity index (χ4v) is 3.85. The summed E-state index contributed by atoms with van der Waals surface area (Å²) in [4.78, 5) is 44.9. The topological polar surface area (TPSA) is 206 Å². The Kier molecular flexibility index (Phi) is 8.51. The molecule has 0 unspecified atom stereocenters. The van der Waals surface area contributed by atoms with Crippen LogP contribution in [-0.2, 0) is 14.1 Å². The average molecular weight is 676 g/mol. The smallest absolute Gasteiger partial charge is 0.407 e. The number of aliphatic hydroxyl groups excluding tert-OH is 1. The molecule has 1 amide bonds. The lowest BCUT2D eigenvalue weighted by Crippen LogP contribution is -2.57. The summed E-state index contributed by atoms with van der Waals surface area (Å²) in [7, 11) is 3.01. The Morgan fingerprint density at radius 3 is 2.12 bits per heavy atom. The molecule has 0 radical (unpaired) electrons. The summed E-state index contributed by atoms with van der Waals surface area (Å²) in [5.74, 6) is 0.586. The van der Waals surface area contributed by atoms with E-state index in [-0.39, 0.29) is 48.5 Å². The highest BCUT2D eigenvalue weighted by atomic mass is 127. The fraction of sp³-hybridized carbons (Fsp3) is 0.438. The quantitative estimate of drug-likeness (QED) is 0.239. The molecule has 16 heteroatoms. The molecule has 32 heavy (non-hydrogen) atoms. The summed E-state index contributed by atoms with van der Waals surface area (Å²) < 4.78 is 3.07. The SMILES string of the molecule is Cn1c(N2CCN(C(=O)O)[C@@H](CO)C2)nc(N)c(I)c1=O.Cn1c(O)nc(N)c(I)c1=O. The van der Waals surface area contributed by atoms with E-state index in [1.165, 1.54) is 16.5 Å². The van der Waals surface area contributed by atoms with Crippen molar-refractivity contribution in [3.8, 4) is 6.01 Å². The predicted octanol–water partition coefficient (Wildman–Crippen LogP) is -1.20. The second-order valence-corrected chi connectivity index (χ2v) is 8.87. The van der Waals surface area contributed by atoms with E-state index >= 15 is 0 Å². The van der Waals surface area contributed by atoms with Crippen LogP contribution in [0, 0.1) is 7.14 Å². The van der Waals surface area contributed by atoms with Gasteiger partial charge in [0.1, 0.15) is 18.8 Å². The first-order valence-electron chi connectivity index (χ1n) is 8.99. The average Bonchev–Trinajstić information content (AvgIpc) is 2.77. The largest absolute Gasteiger partial charge is 0.480 e. The van der Waals surface area contributed by atoms with Gasteiger partial charge >= 0.3 is 6.09 Å². The second-order valence-electron chi connectivity index (χ2n) is 6.71. The molecule has 3 heterocycles. The Morgan fingerprint density at radius 1 is 1.06 bits per heavy atom. The zero-order valence-electron chi connectivity index (χ0n) is 17.1. The molecule has 1 aliphatic heterocycles. The van der Waals surface area contributed by atoms with Gasteiger partial charge in [-0.2, -0.15) is 9.97 Å². The maximum atomic E-state index is 12.0. The number of halogens is 2. The fourth-order valence-electron chi connectivity index (χ4n) is 2.89. The Hall–Kier alpha value is -2.35. The molecule has 0 saturated carbocycles. The van der Waals surface area contributed by atoms with E-state index in [4.69, 9.17) is 21.7 Å². The maximum absolute atomic E-state index is 12.0. The molecule has 1 atom stereocenters. The number of carbonyl (C=O) groups is 1. The number of aliphatic hydroxyl groups is 1. The van der Waals surface area contributed by atoms with E-state index in [0.717, 1.165) is 4.57 Å². The molecule has 7 N–H and O–H groups in total. The zero-order chi connectivity index (χ0) is 24.3. The van der Waals surface area contributed by atoms with Gasteiger partial charge in [0, 0.05) is 33.7 Å². The number of aromatic nitrogens is 4. The van der Waals surface area contributed by atoms with Gasteiger partial charge in [0.25, 0.3) is 17.1 Å². The van der Waals surface area contributed by atoms with Gasteiger partial charge in [-0.25, -0.2) is 4.79 Å². The number of piperazine rings is 1. The van der Waals surface area contributed by atoms with Crippen LogP contribution in [0.3, 0.4) is 0 Å². The summed E-state index contributed by atoms with van der Waals surface area (Å²) >= 11 is 3.62. The number of amides is 1. The molecule has 1 fully saturated rings. The van der Waals surface area contributed by atoms with Crippen LogP contribution < -0.4 is 27.5 Å². The van der Waals surface area contributed by atoms with Crippen molar-refractivity contribution in [1.82, 2.24) is 24.0 Å². The van der Waals surface area contributed by atoms with Crippen molar-refractivity contribution in [2.75, 3.05) is 42.6 Å². The number of nitrogens with two attached hydrogens (primary N) is 2. The van der Waals surface area contributed by atoms with Crippen molar-refractivity contribution in [3.63, 3.8) is 0 Å². The van der Waals surface area contributed by atoms with Crippen LogP contribution in [0.4, 0.5) is 22.4 Å². The third-order valence-electron chi connectivity index (χ3n) is 4.70. The summed E-state index contributed by atoms with van der Waals surface area (Å²) in [5, 5.41) is 27.4. The molecule has 2 aromatic heterocycles. The van der Waals surface area contributed by atoms with Gasteiger partial charge in [-0.1, -0.05) is 0 Å². The van der Waals surface area contributed by atoms with Crippen molar-refractivity contribution >= 4 is 68.9 Å². The molecule has 2 aromatic rings. The molecule has 1 aliphatic rings. The van der Waals surface area contributed by atoms with E-state index in [1.807, 2.05) is 22.6 Å². The first-order valence-corrected chi connectivity index (χ1v) is 11.1. The molecule has 3 rings (SSSR count). The van der Waals surface area contributed by atoms with Crippen molar-refractivity contribution in [2.45, 2.75) is 6.04 Å². The van der Waals surface area contributed by atoms with Crippen molar-refractivity contribution in [2.24, 2.45) is 14.1 Å². The van der Waals surface area contributed by atoms with Gasteiger partial charge in [-0.15, -0.1) is 0 Å². The number of hydrogen-bond donors (Lipinski definition) is 5. The molecule has 0 spiro atoms. The lowest BCUT2D eigenvalue weighted by Gasteiger charge is -2.39. The van der Waals surface area contributed by atoms with E-state index in [1.54, 1.807) is 34.5 Å². The third-order valence-corrected chi connectivity index (χ3v) is 6.73. The minimum Gasteiger partial charge on any atom is -0.480 e. The van der Waals surface area contributed by atoms with Crippen LogP contribution in [0.5, 0.6) is 6.01 Å². The highest BCUT2D eigenvalue weighted by Crippen LogP contribution is 2.18. The summed E-state index contributed by atoms with van der Waals surface area (Å²) in [6.45, 7) is 0.561. The van der Waals surface area contributed by atoms with Crippen LogP contribution in [0.15, 0.2) is 9.59 Å². The Morgan fingerprint density at radius 2 is 1.59 bits per heavy atom. The van der Waals surface area contributed by atoms with Crippen molar-refractivity contribution in [3.05, 3.63) is 27.8 Å². The number of rotatable bonds is 2. The number of nitrogens with zero attached hydrogens (tertiary/aromatic N) is 6. The molecular weight excluding hydrogens is 654 g/mol. The van der Waals surface area contributed by atoms with Gasteiger partial charge in [-0.05, 0) is 45.2 Å². The lowest BCUT2D eigenvalue weighted by molar-refractivity contribution is 0.0906. The molecule has 0 bridgehead atoms. The summed E-state index contributed by atoms with van der Waals surface area (Å²) in [5.41, 5.74) is 10.4. The number of anilines is 3. The Balaban J connectivity index is 0.000000278. The minimum absolute atomic E-state index is 0.0613. The molecule has 1 saturated heterocycles. The van der Waals surface area contributed by atoms with Gasteiger partial charge < -0.3 is 31.7 Å². The van der Waals surface area contributed by atoms with Gasteiger partial charge in [0.2, 0.25) is 5.95 Å². The first-order chi connectivity index (χ1) is 14.9. The number of hydrogen-bond acceptors (Lipinski definition) is 10. The van der Waals surface area contributed by atoms with Crippen LogP contribution in [0.1, 0.15) is 0 Å². The molecular formula is C16H22I2N8O6. The first kappa shape index (κ1) is 25.9. The van der Waals surface area contributed by atoms with Crippen LogP contribution in [0.2, 0.25) is 0 Å². The van der Waals surface area contributed by atoms with E-state index in [9.17, 15) is 19.5 Å². The van der Waals surface area contributed by atoms with Crippen LogP contribution in [0.25, 0.3) is 0 Å². The standard InChI is InChI=1S/C11H16IN5O4.C5H6IN3O2/c1-15-9(19)7(12)8(13)14-10(15)16-2-3-17(11(20)21)6(4-16)5-18;1-9-4(10)2(6)3(7)8-5(9)11/h6,18H,2-5,13H2,1H3,(H,20,21);7H2,1H3,(H,8,11)/t6-;/m1./s1. The molecule has 14 nitrogen and oxygen atoms in total. The number of carboxylic acid groups (broad SMARTS) is 1. The Bertz CT molecular complexity index is 1110. The summed E-state index contributed by atoms with van der Waals surface area (Å²) in [6, 6.07) is -0.929. The van der Waals surface area contributed by atoms with Crippen molar-refractivity contribution in [1.29, 1.82) is 0 Å². The lowest BCUT2D eigenvalue weighted by atomic mass is 10.2. The molecule has 176 valence electrons. The minimum atomic E-state index is -1.07.